The van der Waals surface area contributed by atoms with Gasteiger partial charge in [0.25, 0.3) is 11.8 Å². The lowest BCUT2D eigenvalue weighted by molar-refractivity contribution is -0.130. The van der Waals surface area contributed by atoms with Gasteiger partial charge in [0.15, 0.2) is 0 Å². The van der Waals surface area contributed by atoms with Crippen LogP contribution in [0.4, 0.5) is 0 Å². The Morgan fingerprint density at radius 2 is 2.25 bits per heavy atom. The van der Waals surface area contributed by atoms with E-state index in [1.165, 1.54) is 7.11 Å². The van der Waals surface area contributed by atoms with Gasteiger partial charge in [-0.15, -0.1) is 6.58 Å². The van der Waals surface area contributed by atoms with Gasteiger partial charge in [-0.05, 0) is 6.42 Å². The van der Waals surface area contributed by atoms with Crippen LogP contribution >= 0.6 is 0 Å². The van der Waals surface area contributed by atoms with Gasteiger partial charge in [0.2, 0.25) is 5.91 Å². The summed E-state index contributed by atoms with van der Waals surface area (Å²) in [5.41, 5.74) is 0. The van der Waals surface area contributed by atoms with Gasteiger partial charge in [-0.3, -0.25) is 4.79 Å². The standard InChI is InChI=1S/C14H19N3O3/c1-3-4-5-12(18)17-9-6-11(10-17)20-14-13(19-2)15-7-8-16-14/h3,7-8,11H,1,4-6,9-10H2,2H3. The molecule has 0 aliphatic carbocycles. The minimum atomic E-state index is -0.0618. The van der Waals surface area contributed by atoms with Crippen molar-refractivity contribution in [3.05, 3.63) is 25.0 Å². The van der Waals surface area contributed by atoms with Crippen LogP contribution in [0.5, 0.6) is 11.8 Å². The number of hydrogen-bond donors (Lipinski definition) is 0. The van der Waals surface area contributed by atoms with Gasteiger partial charge in [0.05, 0.1) is 13.7 Å². The fourth-order valence-corrected chi connectivity index (χ4v) is 2.13. The van der Waals surface area contributed by atoms with Gasteiger partial charge in [-0.25, -0.2) is 9.97 Å². The minimum Gasteiger partial charge on any atom is -0.477 e. The molecule has 0 saturated carbocycles. The minimum absolute atomic E-state index is 0.0618. The number of nitrogens with zero attached hydrogens (tertiary/aromatic N) is 3. The Bertz CT molecular complexity index is 478. The number of carbonyl (C=O) groups excluding carboxylic acids is 1. The van der Waals surface area contributed by atoms with Crippen LogP contribution in [0.1, 0.15) is 19.3 Å². The molecule has 1 saturated heterocycles. The average Bonchev–Trinajstić information content (AvgIpc) is 2.94. The highest BCUT2D eigenvalue weighted by atomic mass is 16.5. The van der Waals surface area contributed by atoms with E-state index in [0.29, 0.717) is 37.7 Å². The Hall–Kier alpha value is -2.11. The van der Waals surface area contributed by atoms with Crippen molar-refractivity contribution in [3.63, 3.8) is 0 Å². The van der Waals surface area contributed by atoms with Crippen LogP contribution in [0.25, 0.3) is 0 Å². The normalized spacial score (nSPS) is 17.9. The molecule has 0 radical (unpaired) electrons. The summed E-state index contributed by atoms with van der Waals surface area (Å²) >= 11 is 0. The lowest BCUT2D eigenvalue weighted by Gasteiger charge is -2.17. The van der Waals surface area contributed by atoms with Crippen LogP contribution in [0.2, 0.25) is 0 Å². The third-order valence-corrected chi connectivity index (χ3v) is 3.16. The highest BCUT2D eigenvalue weighted by Crippen LogP contribution is 2.24. The maximum absolute atomic E-state index is 11.9. The van der Waals surface area contributed by atoms with Gasteiger partial charge in [0, 0.05) is 31.8 Å². The summed E-state index contributed by atoms with van der Waals surface area (Å²) in [6.45, 7) is 4.92. The maximum atomic E-state index is 11.9. The van der Waals surface area contributed by atoms with Gasteiger partial charge in [-0.2, -0.15) is 0 Å². The molecule has 1 aromatic heterocycles. The first kappa shape index (κ1) is 14.3. The highest BCUT2D eigenvalue weighted by Gasteiger charge is 2.28. The molecular formula is C14H19N3O3. The number of methoxy groups -OCH3 is 1. The smallest absolute Gasteiger partial charge is 0.278 e. The molecule has 20 heavy (non-hydrogen) atoms. The third kappa shape index (κ3) is 3.46. The van der Waals surface area contributed by atoms with Gasteiger partial charge in [0.1, 0.15) is 6.10 Å². The number of carbonyl (C=O) groups is 1. The van der Waals surface area contributed by atoms with Crippen LogP contribution in [0, 0.1) is 0 Å². The number of ether oxygens (including phenoxy) is 2. The molecule has 1 atom stereocenters. The third-order valence-electron chi connectivity index (χ3n) is 3.16. The Morgan fingerprint density at radius 3 is 2.95 bits per heavy atom. The molecule has 0 bridgehead atoms. The Balaban J connectivity index is 1.90. The molecule has 2 heterocycles. The summed E-state index contributed by atoms with van der Waals surface area (Å²) in [5, 5.41) is 0. The van der Waals surface area contributed by atoms with E-state index >= 15 is 0 Å². The molecule has 108 valence electrons. The lowest BCUT2D eigenvalue weighted by Crippen LogP contribution is -2.30. The molecule has 1 aromatic rings. The second-order valence-corrected chi connectivity index (χ2v) is 4.57. The van der Waals surface area contributed by atoms with Crippen molar-refractivity contribution in [2.75, 3.05) is 20.2 Å². The van der Waals surface area contributed by atoms with Crippen molar-refractivity contribution in [2.45, 2.75) is 25.4 Å². The van der Waals surface area contributed by atoms with Crippen molar-refractivity contribution >= 4 is 5.91 Å². The van der Waals surface area contributed by atoms with E-state index in [4.69, 9.17) is 9.47 Å². The van der Waals surface area contributed by atoms with Crippen LogP contribution in [0.3, 0.4) is 0 Å². The van der Waals surface area contributed by atoms with Crippen molar-refractivity contribution in [2.24, 2.45) is 0 Å². The molecule has 1 unspecified atom stereocenters. The van der Waals surface area contributed by atoms with Crippen molar-refractivity contribution in [3.8, 4) is 11.8 Å². The highest BCUT2D eigenvalue weighted by molar-refractivity contribution is 5.76. The van der Waals surface area contributed by atoms with Crippen molar-refractivity contribution < 1.29 is 14.3 Å². The zero-order valence-electron chi connectivity index (χ0n) is 11.6. The number of hydrogen-bond acceptors (Lipinski definition) is 5. The number of aromatic nitrogens is 2. The Morgan fingerprint density at radius 1 is 1.50 bits per heavy atom. The van der Waals surface area contributed by atoms with Gasteiger partial charge in [-0.1, -0.05) is 6.08 Å². The van der Waals surface area contributed by atoms with Gasteiger partial charge < -0.3 is 14.4 Å². The summed E-state index contributed by atoms with van der Waals surface area (Å²) in [5.74, 6) is 0.881. The van der Waals surface area contributed by atoms with Crippen LogP contribution in [-0.4, -0.2) is 47.1 Å². The van der Waals surface area contributed by atoms with E-state index in [1.54, 1.807) is 18.5 Å². The second-order valence-electron chi connectivity index (χ2n) is 4.57. The zero-order chi connectivity index (χ0) is 14.4. The van der Waals surface area contributed by atoms with Crippen molar-refractivity contribution in [1.29, 1.82) is 0 Å². The average molecular weight is 277 g/mol. The molecule has 6 nitrogen and oxygen atoms in total. The molecule has 1 fully saturated rings. The van der Waals surface area contributed by atoms with E-state index < -0.39 is 0 Å². The van der Waals surface area contributed by atoms with E-state index in [0.717, 1.165) is 6.42 Å². The summed E-state index contributed by atoms with van der Waals surface area (Å²) in [6, 6.07) is 0. The quantitative estimate of drug-likeness (QED) is 0.736. The molecule has 1 aliphatic heterocycles. The van der Waals surface area contributed by atoms with E-state index in [1.807, 2.05) is 4.90 Å². The van der Waals surface area contributed by atoms with Crippen LogP contribution < -0.4 is 9.47 Å². The summed E-state index contributed by atoms with van der Waals surface area (Å²) in [7, 11) is 1.52. The number of likely N-dealkylation sites (tertiary alicyclic amines) is 1. The lowest BCUT2D eigenvalue weighted by atomic mass is 10.3. The number of amides is 1. The molecule has 0 aromatic carbocycles. The topological polar surface area (TPSA) is 64.6 Å². The molecule has 6 heteroatoms. The largest absolute Gasteiger partial charge is 0.477 e. The first-order valence-corrected chi connectivity index (χ1v) is 6.65. The molecule has 0 spiro atoms. The molecular weight excluding hydrogens is 258 g/mol. The van der Waals surface area contributed by atoms with Crippen molar-refractivity contribution in [1.82, 2.24) is 14.9 Å². The van der Waals surface area contributed by atoms with E-state index in [-0.39, 0.29) is 12.0 Å². The molecule has 2 rings (SSSR count). The Labute approximate surface area is 118 Å². The SMILES string of the molecule is C=CCCC(=O)N1CCC(Oc2nccnc2OC)C1. The summed E-state index contributed by atoms with van der Waals surface area (Å²) < 4.78 is 10.9. The van der Waals surface area contributed by atoms with E-state index in [9.17, 15) is 4.79 Å². The maximum Gasteiger partial charge on any atom is 0.278 e. The van der Waals surface area contributed by atoms with Gasteiger partial charge >= 0.3 is 0 Å². The van der Waals surface area contributed by atoms with Crippen LogP contribution in [-0.2, 0) is 4.79 Å². The fraction of sp³-hybridized carbons (Fsp3) is 0.500. The summed E-state index contributed by atoms with van der Waals surface area (Å²) in [4.78, 5) is 21.9. The predicted molar refractivity (Wildman–Crippen MR) is 73.6 cm³/mol. The number of allylic oxidation sites excluding steroid dienone is 1. The fourth-order valence-electron chi connectivity index (χ4n) is 2.13. The second kappa shape index (κ2) is 6.88. The first-order valence-electron chi connectivity index (χ1n) is 6.65. The Kier molecular flexibility index (Phi) is 4.92. The molecule has 1 aliphatic rings. The van der Waals surface area contributed by atoms with Crippen LogP contribution in [0.15, 0.2) is 25.0 Å². The summed E-state index contributed by atoms with van der Waals surface area (Å²) in [6.07, 6.45) is 6.80. The molecule has 1 amide bonds. The predicted octanol–water partition coefficient (Wildman–Crippen LogP) is 1.43. The first-order chi connectivity index (χ1) is 9.74. The molecule has 0 N–H and O–H groups in total. The zero-order valence-corrected chi connectivity index (χ0v) is 11.6. The monoisotopic (exact) mass is 277 g/mol. The number of rotatable bonds is 6. The van der Waals surface area contributed by atoms with E-state index in [2.05, 4.69) is 16.5 Å².